The predicted molar refractivity (Wildman–Crippen MR) is 103 cm³/mol. The van der Waals surface area contributed by atoms with E-state index in [-0.39, 0.29) is 33.8 Å². The Morgan fingerprint density at radius 3 is 2.68 bits per heavy atom. The van der Waals surface area contributed by atoms with Gasteiger partial charge in [0, 0.05) is 11.6 Å². The van der Waals surface area contributed by atoms with Crippen molar-refractivity contribution in [2.45, 2.75) is 34.2 Å². The van der Waals surface area contributed by atoms with Crippen molar-refractivity contribution in [3.63, 3.8) is 0 Å². The van der Waals surface area contributed by atoms with Crippen LogP contribution in [-0.2, 0) is 16.1 Å². The van der Waals surface area contributed by atoms with Gasteiger partial charge in [-0.2, -0.15) is 0 Å². The Morgan fingerprint density at radius 2 is 2.07 bits per heavy atom. The van der Waals surface area contributed by atoms with Crippen LogP contribution in [0.25, 0.3) is 0 Å². The topological polar surface area (TPSA) is 133 Å². The molecule has 2 aromatic heterocycles. The number of nitro groups is 1. The molecule has 1 amide bonds. The molecule has 1 N–H and O–H groups in total. The van der Waals surface area contributed by atoms with Gasteiger partial charge in [0.05, 0.1) is 23.4 Å². The largest absolute Gasteiger partial charge is 0.461 e. The summed E-state index contributed by atoms with van der Waals surface area (Å²) in [6, 6.07) is 1.10. The molecule has 0 spiro atoms. The first-order valence-electron chi connectivity index (χ1n) is 8.38. The smallest absolute Gasteiger partial charge is 0.350 e. The summed E-state index contributed by atoms with van der Waals surface area (Å²) >= 11 is 0.960. The molecule has 0 aliphatic heterocycles. The van der Waals surface area contributed by atoms with Crippen LogP contribution >= 0.6 is 11.3 Å². The molecule has 28 heavy (non-hydrogen) atoms. The lowest BCUT2D eigenvalue weighted by atomic mass is 10.2. The molecule has 0 aliphatic rings. The van der Waals surface area contributed by atoms with Crippen LogP contribution in [0.2, 0.25) is 0 Å². The highest BCUT2D eigenvalue weighted by Crippen LogP contribution is 2.23. The highest BCUT2D eigenvalue weighted by Gasteiger charge is 2.19. The summed E-state index contributed by atoms with van der Waals surface area (Å²) in [6.45, 7) is 6.73. The van der Waals surface area contributed by atoms with Crippen molar-refractivity contribution < 1.29 is 19.2 Å². The number of hydrogen-bond acceptors (Lipinski definition) is 8. The Bertz CT molecular complexity index is 979. The zero-order valence-electron chi connectivity index (χ0n) is 15.8. The van der Waals surface area contributed by atoms with Crippen molar-refractivity contribution >= 4 is 34.0 Å². The van der Waals surface area contributed by atoms with Gasteiger partial charge in [-0.3, -0.25) is 24.3 Å². The first-order valence-corrected chi connectivity index (χ1v) is 9.20. The van der Waals surface area contributed by atoms with E-state index in [1.807, 2.05) is 13.8 Å². The van der Waals surface area contributed by atoms with Crippen LogP contribution < -0.4 is 10.9 Å². The normalized spacial score (nSPS) is 10.8. The number of anilines is 1. The van der Waals surface area contributed by atoms with Crippen molar-refractivity contribution in [1.29, 1.82) is 0 Å². The Morgan fingerprint density at radius 1 is 1.39 bits per heavy atom. The van der Waals surface area contributed by atoms with Gasteiger partial charge in [-0.1, -0.05) is 25.2 Å². The van der Waals surface area contributed by atoms with Crippen LogP contribution in [0.3, 0.4) is 0 Å². The molecule has 10 nitrogen and oxygen atoms in total. The van der Waals surface area contributed by atoms with Crippen LogP contribution in [0.15, 0.2) is 17.1 Å². The number of rotatable bonds is 7. The van der Waals surface area contributed by atoms with E-state index < -0.39 is 28.9 Å². The van der Waals surface area contributed by atoms with Crippen molar-refractivity contribution in [1.82, 2.24) is 9.55 Å². The molecule has 0 aliphatic carbocycles. The quantitative estimate of drug-likeness (QED) is 0.422. The summed E-state index contributed by atoms with van der Waals surface area (Å²) in [5.41, 5.74) is -0.164. The van der Waals surface area contributed by atoms with E-state index in [0.29, 0.717) is 5.69 Å². The molecule has 11 heteroatoms. The fraction of sp³-hybridized carbons (Fsp3) is 0.412. The van der Waals surface area contributed by atoms with Gasteiger partial charge in [-0.15, -0.1) is 0 Å². The third kappa shape index (κ3) is 5.22. The van der Waals surface area contributed by atoms with E-state index in [9.17, 15) is 24.5 Å². The lowest BCUT2D eigenvalue weighted by molar-refractivity contribution is -0.385. The van der Waals surface area contributed by atoms with Crippen LogP contribution in [0.4, 0.5) is 10.8 Å². The summed E-state index contributed by atoms with van der Waals surface area (Å²) in [7, 11) is 0. The van der Waals surface area contributed by atoms with Crippen molar-refractivity contribution in [2.24, 2.45) is 5.92 Å². The average molecular weight is 408 g/mol. The van der Waals surface area contributed by atoms with Gasteiger partial charge in [-0.25, -0.2) is 9.78 Å². The second-order valence-electron chi connectivity index (χ2n) is 6.54. The summed E-state index contributed by atoms with van der Waals surface area (Å²) in [5.74, 6) is -0.932. The molecule has 0 bridgehead atoms. The number of thiazole rings is 1. The zero-order valence-corrected chi connectivity index (χ0v) is 16.7. The minimum absolute atomic E-state index is 0.175. The molecule has 0 unspecified atom stereocenters. The molecule has 0 radical (unpaired) electrons. The maximum Gasteiger partial charge on any atom is 0.350 e. The SMILES string of the molecule is Cc1cc(=O)n(CC(=O)Nc2nc(C)c(C(=O)OCC(C)C)s2)cc1[N+](=O)[O-]. The molecule has 0 fully saturated rings. The van der Waals surface area contributed by atoms with Gasteiger partial charge in [0.25, 0.3) is 11.2 Å². The Hall–Kier alpha value is -3.08. The van der Waals surface area contributed by atoms with Gasteiger partial charge in [-0.05, 0) is 19.8 Å². The summed E-state index contributed by atoms with van der Waals surface area (Å²) in [6.07, 6.45) is 1.03. The standard InChI is InChI=1S/C17H20N4O6S/c1-9(2)8-27-16(24)15-11(4)18-17(28-15)19-13(22)7-20-6-12(21(25)26)10(3)5-14(20)23/h5-6,9H,7-8H2,1-4H3,(H,18,19,22). The Labute approximate surface area is 164 Å². The number of carbonyl (C=O) groups is 2. The number of aromatic nitrogens is 2. The first kappa shape index (κ1) is 21.2. The van der Waals surface area contributed by atoms with Crippen molar-refractivity contribution in [2.75, 3.05) is 11.9 Å². The molecule has 0 saturated carbocycles. The van der Waals surface area contributed by atoms with E-state index in [2.05, 4.69) is 10.3 Å². The van der Waals surface area contributed by atoms with Crippen LogP contribution in [0, 0.1) is 29.9 Å². The van der Waals surface area contributed by atoms with Gasteiger partial charge >= 0.3 is 5.97 Å². The Balaban J connectivity index is 2.11. The lowest BCUT2D eigenvalue weighted by Gasteiger charge is -2.06. The van der Waals surface area contributed by atoms with E-state index in [1.54, 1.807) is 6.92 Å². The van der Waals surface area contributed by atoms with Crippen LogP contribution in [0.1, 0.15) is 34.8 Å². The van der Waals surface area contributed by atoms with Gasteiger partial charge in [0.2, 0.25) is 5.91 Å². The summed E-state index contributed by atoms with van der Waals surface area (Å²) in [5, 5.41) is 13.7. The number of nitrogens with zero attached hydrogens (tertiary/aromatic N) is 3. The molecule has 0 saturated heterocycles. The summed E-state index contributed by atoms with van der Waals surface area (Å²) < 4.78 is 6.10. The van der Waals surface area contributed by atoms with E-state index in [0.717, 1.165) is 28.2 Å². The third-order valence-electron chi connectivity index (χ3n) is 3.59. The number of pyridine rings is 1. The number of ether oxygens (including phenoxy) is 1. The minimum atomic E-state index is -0.623. The third-order valence-corrected chi connectivity index (χ3v) is 4.64. The lowest BCUT2D eigenvalue weighted by Crippen LogP contribution is -2.27. The number of esters is 1. The average Bonchev–Trinajstić information content (AvgIpc) is 2.94. The van der Waals surface area contributed by atoms with E-state index >= 15 is 0 Å². The fourth-order valence-electron chi connectivity index (χ4n) is 2.23. The molecule has 2 aromatic rings. The van der Waals surface area contributed by atoms with E-state index in [4.69, 9.17) is 4.74 Å². The van der Waals surface area contributed by atoms with Crippen molar-refractivity contribution in [3.8, 4) is 0 Å². The van der Waals surface area contributed by atoms with Crippen LogP contribution in [0.5, 0.6) is 0 Å². The predicted octanol–water partition coefficient (Wildman–Crippen LogP) is 2.28. The number of nitrogens with one attached hydrogen (secondary N) is 1. The fourth-order valence-corrected chi connectivity index (χ4v) is 3.11. The molecular formula is C17H20N4O6S. The number of hydrogen-bond donors (Lipinski definition) is 1. The maximum absolute atomic E-state index is 12.2. The monoisotopic (exact) mass is 408 g/mol. The molecule has 2 heterocycles. The highest BCUT2D eigenvalue weighted by atomic mass is 32.1. The number of aryl methyl sites for hydroxylation is 2. The second-order valence-corrected chi connectivity index (χ2v) is 7.54. The molecule has 0 aromatic carbocycles. The minimum Gasteiger partial charge on any atom is -0.461 e. The van der Waals surface area contributed by atoms with Gasteiger partial charge < -0.3 is 10.1 Å². The maximum atomic E-state index is 12.2. The van der Waals surface area contributed by atoms with Crippen LogP contribution in [-0.4, -0.2) is 33.0 Å². The molecule has 150 valence electrons. The van der Waals surface area contributed by atoms with Gasteiger partial charge in [0.15, 0.2) is 5.13 Å². The molecular weight excluding hydrogens is 388 g/mol. The molecule has 0 atom stereocenters. The van der Waals surface area contributed by atoms with Crippen molar-refractivity contribution in [3.05, 3.63) is 48.9 Å². The Kier molecular flexibility index (Phi) is 6.62. The van der Waals surface area contributed by atoms with Gasteiger partial charge in [0.1, 0.15) is 11.4 Å². The highest BCUT2D eigenvalue weighted by molar-refractivity contribution is 7.17. The number of carbonyl (C=O) groups excluding carboxylic acids is 2. The summed E-state index contributed by atoms with van der Waals surface area (Å²) in [4.78, 5) is 51.0. The molecule has 2 rings (SSSR count). The van der Waals surface area contributed by atoms with E-state index in [1.165, 1.54) is 6.92 Å². The number of amides is 1. The first-order chi connectivity index (χ1) is 13.1. The second kappa shape index (κ2) is 8.74. The zero-order chi connectivity index (χ0) is 21.0.